The molecule has 1 amide bonds. The van der Waals surface area contributed by atoms with Gasteiger partial charge in [-0.25, -0.2) is 13.1 Å². The van der Waals surface area contributed by atoms with Crippen molar-refractivity contribution in [2.45, 2.75) is 17.4 Å². The second-order valence-electron chi connectivity index (χ2n) is 4.34. The summed E-state index contributed by atoms with van der Waals surface area (Å²) < 4.78 is 30.3. The molecule has 3 N–H and O–H groups in total. The second-order valence-corrected chi connectivity index (χ2v) is 6.02. The average Bonchev–Trinajstić information content (AvgIpc) is 2.24. The van der Waals surface area contributed by atoms with E-state index in [4.69, 9.17) is 10.5 Å². The third kappa shape index (κ3) is 2.38. The van der Waals surface area contributed by atoms with Gasteiger partial charge in [-0.2, -0.15) is 0 Å². The van der Waals surface area contributed by atoms with Crippen molar-refractivity contribution in [3.63, 3.8) is 0 Å². The number of ether oxygens (including phenoxy) is 1. The van der Waals surface area contributed by atoms with Crippen LogP contribution in [-0.4, -0.2) is 27.5 Å². The number of amides is 1. The number of hydrogen-bond donors (Lipinski definition) is 2. The molecule has 0 bridgehead atoms. The summed E-state index contributed by atoms with van der Waals surface area (Å²) >= 11 is 0. The standard InChI is InChI=1S/C11H14N2O4S/c1-8(14)13-18(15,16)10-4-2-9(3-5-10)11(12)6-17-7-11/h2-5H,6-7,12H2,1H3,(H,13,14). The minimum absolute atomic E-state index is 0.0327. The highest BCUT2D eigenvalue weighted by Crippen LogP contribution is 2.27. The van der Waals surface area contributed by atoms with Crippen molar-refractivity contribution in [2.24, 2.45) is 5.73 Å². The van der Waals surface area contributed by atoms with Gasteiger partial charge in [0.15, 0.2) is 0 Å². The largest absolute Gasteiger partial charge is 0.377 e. The van der Waals surface area contributed by atoms with E-state index in [0.717, 1.165) is 12.5 Å². The summed E-state index contributed by atoms with van der Waals surface area (Å²) in [6.45, 7) is 1.99. The van der Waals surface area contributed by atoms with Gasteiger partial charge in [-0.05, 0) is 17.7 Å². The second kappa shape index (κ2) is 4.34. The number of benzene rings is 1. The molecule has 0 aromatic heterocycles. The van der Waals surface area contributed by atoms with Crippen molar-refractivity contribution in [2.75, 3.05) is 13.2 Å². The Bertz CT molecular complexity index is 561. The zero-order valence-electron chi connectivity index (χ0n) is 9.84. The van der Waals surface area contributed by atoms with Crippen LogP contribution in [0.25, 0.3) is 0 Å². The first kappa shape index (κ1) is 13.0. The topological polar surface area (TPSA) is 98.5 Å². The Morgan fingerprint density at radius 1 is 1.33 bits per heavy atom. The highest BCUT2D eigenvalue weighted by molar-refractivity contribution is 7.90. The Balaban J connectivity index is 2.25. The number of nitrogens with two attached hydrogens (primary N) is 1. The van der Waals surface area contributed by atoms with Gasteiger partial charge in [-0.3, -0.25) is 4.79 Å². The Morgan fingerprint density at radius 3 is 2.28 bits per heavy atom. The van der Waals surface area contributed by atoms with E-state index in [-0.39, 0.29) is 4.90 Å². The molecule has 1 fully saturated rings. The fourth-order valence-corrected chi connectivity index (χ4v) is 2.69. The molecule has 1 saturated heterocycles. The molecular weight excluding hydrogens is 256 g/mol. The van der Waals surface area contributed by atoms with E-state index in [1.54, 1.807) is 12.1 Å². The maximum atomic E-state index is 11.7. The molecule has 7 heteroatoms. The molecule has 0 radical (unpaired) electrons. The minimum atomic E-state index is -3.78. The molecule has 98 valence electrons. The van der Waals surface area contributed by atoms with Crippen molar-refractivity contribution in [1.82, 2.24) is 4.72 Å². The molecule has 6 nitrogen and oxygen atoms in total. The lowest BCUT2D eigenvalue weighted by Gasteiger charge is -2.38. The lowest BCUT2D eigenvalue weighted by molar-refractivity contribution is -0.117. The zero-order valence-corrected chi connectivity index (χ0v) is 10.7. The molecule has 1 aromatic carbocycles. The summed E-state index contributed by atoms with van der Waals surface area (Å²) in [5, 5.41) is 0. The fourth-order valence-electron chi connectivity index (χ4n) is 1.70. The smallest absolute Gasteiger partial charge is 0.264 e. The summed E-state index contributed by atoms with van der Waals surface area (Å²) in [5.41, 5.74) is 6.30. The Labute approximate surface area is 105 Å². The highest BCUT2D eigenvalue weighted by Gasteiger charge is 2.36. The van der Waals surface area contributed by atoms with E-state index < -0.39 is 21.5 Å². The molecule has 1 aromatic rings. The van der Waals surface area contributed by atoms with Crippen LogP contribution in [0.5, 0.6) is 0 Å². The Morgan fingerprint density at radius 2 is 1.89 bits per heavy atom. The number of rotatable bonds is 3. The maximum absolute atomic E-state index is 11.7. The van der Waals surface area contributed by atoms with Gasteiger partial charge in [0, 0.05) is 6.92 Å². The van der Waals surface area contributed by atoms with Crippen LogP contribution in [-0.2, 0) is 25.1 Å². The summed E-state index contributed by atoms with van der Waals surface area (Å²) in [4.78, 5) is 10.8. The van der Waals surface area contributed by atoms with E-state index in [1.165, 1.54) is 12.1 Å². The minimum Gasteiger partial charge on any atom is -0.377 e. The first-order valence-corrected chi connectivity index (χ1v) is 6.82. The van der Waals surface area contributed by atoms with Crippen LogP contribution < -0.4 is 10.5 Å². The lowest BCUT2D eigenvalue weighted by atomic mass is 9.89. The van der Waals surface area contributed by atoms with Crippen molar-refractivity contribution < 1.29 is 17.9 Å². The predicted octanol–water partition coefficient (Wildman–Crippen LogP) is -0.304. The summed E-state index contributed by atoms with van der Waals surface area (Å²) in [7, 11) is -3.78. The van der Waals surface area contributed by atoms with Crippen LogP contribution in [0.15, 0.2) is 29.2 Å². The van der Waals surface area contributed by atoms with Gasteiger partial charge in [-0.1, -0.05) is 12.1 Å². The third-order valence-electron chi connectivity index (χ3n) is 2.74. The zero-order chi connectivity index (χ0) is 13.4. The van der Waals surface area contributed by atoms with Gasteiger partial charge < -0.3 is 10.5 Å². The Hall–Kier alpha value is -1.44. The van der Waals surface area contributed by atoms with Crippen molar-refractivity contribution in [3.05, 3.63) is 29.8 Å². The SMILES string of the molecule is CC(=O)NS(=O)(=O)c1ccc(C2(N)COC2)cc1. The first-order chi connectivity index (χ1) is 8.33. The molecule has 0 spiro atoms. The van der Waals surface area contributed by atoms with Crippen LogP contribution in [0.4, 0.5) is 0 Å². The van der Waals surface area contributed by atoms with Gasteiger partial charge in [-0.15, -0.1) is 0 Å². The summed E-state index contributed by atoms with van der Waals surface area (Å²) in [6.07, 6.45) is 0. The number of sulfonamides is 1. The van der Waals surface area contributed by atoms with Crippen LogP contribution in [0.1, 0.15) is 12.5 Å². The van der Waals surface area contributed by atoms with E-state index in [0.29, 0.717) is 13.2 Å². The predicted molar refractivity (Wildman–Crippen MR) is 64.1 cm³/mol. The summed E-state index contributed by atoms with van der Waals surface area (Å²) in [6, 6.07) is 6.12. The van der Waals surface area contributed by atoms with Crippen LogP contribution in [0.2, 0.25) is 0 Å². The number of carbonyl (C=O) groups excluding carboxylic acids is 1. The first-order valence-electron chi connectivity index (χ1n) is 5.34. The van der Waals surface area contributed by atoms with Crippen molar-refractivity contribution >= 4 is 15.9 Å². The van der Waals surface area contributed by atoms with E-state index >= 15 is 0 Å². The van der Waals surface area contributed by atoms with E-state index in [2.05, 4.69) is 0 Å². The molecular formula is C11H14N2O4S. The lowest BCUT2D eigenvalue weighted by Crippen LogP contribution is -2.54. The molecule has 0 unspecified atom stereocenters. The van der Waals surface area contributed by atoms with Gasteiger partial charge in [0.2, 0.25) is 5.91 Å². The highest BCUT2D eigenvalue weighted by atomic mass is 32.2. The number of hydrogen-bond acceptors (Lipinski definition) is 5. The van der Waals surface area contributed by atoms with E-state index in [1.807, 2.05) is 4.72 Å². The molecule has 1 heterocycles. The van der Waals surface area contributed by atoms with Gasteiger partial charge >= 0.3 is 0 Å². The van der Waals surface area contributed by atoms with Gasteiger partial charge in [0.1, 0.15) is 0 Å². The summed E-state index contributed by atoms with van der Waals surface area (Å²) in [5.74, 6) is -0.623. The van der Waals surface area contributed by atoms with Gasteiger partial charge in [0.25, 0.3) is 10.0 Å². The quantitative estimate of drug-likeness (QED) is 0.785. The van der Waals surface area contributed by atoms with Crippen molar-refractivity contribution in [3.8, 4) is 0 Å². The van der Waals surface area contributed by atoms with Crippen LogP contribution in [0.3, 0.4) is 0 Å². The van der Waals surface area contributed by atoms with E-state index in [9.17, 15) is 13.2 Å². The molecule has 1 aliphatic heterocycles. The maximum Gasteiger partial charge on any atom is 0.264 e. The molecule has 18 heavy (non-hydrogen) atoms. The fraction of sp³-hybridized carbons (Fsp3) is 0.364. The van der Waals surface area contributed by atoms with Gasteiger partial charge in [0.05, 0.1) is 23.6 Å². The number of carbonyl (C=O) groups is 1. The monoisotopic (exact) mass is 270 g/mol. The molecule has 2 rings (SSSR count). The molecule has 1 aliphatic rings. The normalized spacial score (nSPS) is 17.9. The van der Waals surface area contributed by atoms with Crippen molar-refractivity contribution in [1.29, 1.82) is 0 Å². The Kier molecular flexibility index (Phi) is 3.14. The average molecular weight is 270 g/mol. The molecule has 0 aliphatic carbocycles. The van der Waals surface area contributed by atoms with Crippen LogP contribution in [0, 0.1) is 0 Å². The molecule has 0 saturated carbocycles. The third-order valence-corrected chi connectivity index (χ3v) is 4.19. The van der Waals surface area contributed by atoms with Crippen LogP contribution >= 0.6 is 0 Å². The number of nitrogens with one attached hydrogen (secondary N) is 1. The molecule has 0 atom stereocenters.